The molecule has 0 amide bonds. The van der Waals surface area contributed by atoms with Gasteiger partial charge >= 0.3 is 0 Å². The van der Waals surface area contributed by atoms with E-state index in [1.807, 2.05) is 48.5 Å². The molecule has 3 heterocycles. The molecule has 0 N–H and O–H groups in total. The molecule has 0 unspecified atom stereocenters. The maximum atomic E-state index is 9.36. The molecule has 0 saturated heterocycles. The third-order valence-electron chi connectivity index (χ3n) is 9.97. The van der Waals surface area contributed by atoms with Gasteiger partial charge in [0.05, 0.1) is 45.1 Å². The van der Waals surface area contributed by atoms with E-state index < -0.39 is 0 Å². The maximum Gasteiger partial charge on any atom is 0.160 e. The number of rotatable bonds is 5. The van der Waals surface area contributed by atoms with E-state index >= 15 is 0 Å². The number of nitrogens with zero attached hydrogens (tertiary/aromatic N) is 5. The summed E-state index contributed by atoms with van der Waals surface area (Å²) in [6.07, 6.45) is 0. The highest BCUT2D eigenvalue weighted by atomic mass is 15.0. The molecule has 3 aromatic heterocycles. The van der Waals surface area contributed by atoms with E-state index in [0.29, 0.717) is 11.4 Å². The number of hydrogen-bond donors (Lipinski definition) is 0. The van der Waals surface area contributed by atoms with Crippen molar-refractivity contribution in [2.75, 3.05) is 0 Å². The van der Waals surface area contributed by atoms with Crippen molar-refractivity contribution in [1.29, 1.82) is 5.26 Å². The lowest BCUT2D eigenvalue weighted by Gasteiger charge is -2.12. The SMILES string of the molecule is N#Cc1ccc(-c2cc(-c3ccccc3)nc(-c3ccc(-n4c5ccccc5c5ccc6c(c7ccccc7n6-c6ccccc6)c54)cc3)n2)cc1. The Bertz CT molecular complexity index is 2990. The topological polar surface area (TPSA) is 59.4 Å². The monoisotopic (exact) mass is 663 g/mol. The molecule has 10 rings (SSSR count). The molecule has 7 aromatic carbocycles. The molecule has 5 heteroatoms. The molecule has 5 nitrogen and oxygen atoms in total. The zero-order valence-electron chi connectivity index (χ0n) is 28.0. The Balaban J connectivity index is 1.18. The predicted molar refractivity (Wildman–Crippen MR) is 212 cm³/mol. The number of fused-ring (bicyclic) bond motifs is 7. The van der Waals surface area contributed by atoms with E-state index in [1.54, 1.807) is 0 Å². The second-order valence-electron chi connectivity index (χ2n) is 13.0. The molecule has 0 aliphatic heterocycles. The van der Waals surface area contributed by atoms with Gasteiger partial charge in [0.25, 0.3) is 0 Å². The van der Waals surface area contributed by atoms with Crippen molar-refractivity contribution in [2.24, 2.45) is 0 Å². The average Bonchev–Trinajstić information content (AvgIpc) is 3.74. The minimum Gasteiger partial charge on any atom is -0.309 e. The van der Waals surface area contributed by atoms with Gasteiger partial charge in [-0.05, 0) is 72.8 Å². The minimum atomic E-state index is 0.615. The van der Waals surface area contributed by atoms with Crippen molar-refractivity contribution in [3.8, 4) is 51.3 Å². The number of benzene rings is 7. The Kier molecular flexibility index (Phi) is 6.80. The lowest BCUT2D eigenvalue weighted by Crippen LogP contribution is -1.98. The second-order valence-corrected chi connectivity index (χ2v) is 13.0. The van der Waals surface area contributed by atoms with Crippen LogP contribution in [0.1, 0.15) is 5.56 Å². The molecule has 0 aliphatic carbocycles. The van der Waals surface area contributed by atoms with Crippen molar-refractivity contribution in [2.45, 2.75) is 0 Å². The predicted octanol–water partition coefficient (Wildman–Crippen LogP) is 11.5. The fourth-order valence-corrected chi connectivity index (χ4v) is 7.59. The maximum absolute atomic E-state index is 9.36. The van der Waals surface area contributed by atoms with Crippen LogP contribution in [0.4, 0.5) is 0 Å². The summed E-state index contributed by atoms with van der Waals surface area (Å²) in [6.45, 7) is 0. The van der Waals surface area contributed by atoms with Crippen LogP contribution >= 0.6 is 0 Å². The first-order valence-electron chi connectivity index (χ1n) is 17.3. The first kappa shape index (κ1) is 29.6. The molecule has 0 atom stereocenters. The molecule has 0 aliphatic rings. The van der Waals surface area contributed by atoms with E-state index in [-0.39, 0.29) is 0 Å². The summed E-state index contributed by atoms with van der Waals surface area (Å²) in [4.78, 5) is 10.1. The highest BCUT2D eigenvalue weighted by molar-refractivity contribution is 6.26. The normalized spacial score (nSPS) is 11.4. The second kappa shape index (κ2) is 11.9. The van der Waals surface area contributed by atoms with Crippen LogP contribution in [-0.2, 0) is 0 Å². The lowest BCUT2D eigenvalue weighted by atomic mass is 10.1. The molecule has 0 bridgehead atoms. The summed E-state index contributed by atoms with van der Waals surface area (Å²) < 4.78 is 4.78. The Hall–Kier alpha value is -7.29. The fraction of sp³-hybridized carbons (Fsp3) is 0. The highest BCUT2D eigenvalue weighted by Crippen LogP contribution is 2.42. The summed E-state index contributed by atoms with van der Waals surface area (Å²) in [5.41, 5.74) is 12.0. The third-order valence-corrected chi connectivity index (χ3v) is 9.97. The van der Waals surface area contributed by atoms with Crippen LogP contribution in [0.2, 0.25) is 0 Å². The van der Waals surface area contributed by atoms with Crippen LogP contribution < -0.4 is 0 Å². The molecule has 0 fully saturated rings. The van der Waals surface area contributed by atoms with Gasteiger partial charge in [-0.15, -0.1) is 0 Å². The first-order chi connectivity index (χ1) is 25.7. The van der Waals surface area contributed by atoms with E-state index in [9.17, 15) is 5.26 Å². The van der Waals surface area contributed by atoms with Gasteiger partial charge in [0.1, 0.15) is 0 Å². The molecule has 10 aromatic rings. The Morgan fingerprint density at radius 1 is 0.423 bits per heavy atom. The van der Waals surface area contributed by atoms with Crippen molar-refractivity contribution in [3.63, 3.8) is 0 Å². The smallest absolute Gasteiger partial charge is 0.160 e. The van der Waals surface area contributed by atoms with Crippen molar-refractivity contribution in [3.05, 3.63) is 181 Å². The molecule has 52 heavy (non-hydrogen) atoms. The van der Waals surface area contributed by atoms with E-state index in [0.717, 1.165) is 45.0 Å². The Morgan fingerprint density at radius 2 is 0.981 bits per heavy atom. The lowest BCUT2D eigenvalue weighted by molar-refractivity contribution is 1.16. The van der Waals surface area contributed by atoms with Crippen LogP contribution in [0.15, 0.2) is 176 Å². The van der Waals surface area contributed by atoms with Crippen molar-refractivity contribution >= 4 is 43.6 Å². The third kappa shape index (κ3) is 4.70. The number of hydrogen-bond acceptors (Lipinski definition) is 3. The van der Waals surface area contributed by atoms with Crippen LogP contribution in [0.25, 0.3) is 88.9 Å². The van der Waals surface area contributed by atoms with Gasteiger partial charge in [-0.25, -0.2) is 9.97 Å². The molecular formula is C47H29N5. The summed E-state index contributed by atoms with van der Waals surface area (Å²) in [5, 5.41) is 14.2. The van der Waals surface area contributed by atoms with Gasteiger partial charge in [0, 0.05) is 49.6 Å². The average molecular weight is 664 g/mol. The quantitative estimate of drug-likeness (QED) is 0.184. The van der Waals surface area contributed by atoms with Crippen LogP contribution in [0.5, 0.6) is 0 Å². The van der Waals surface area contributed by atoms with E-state index in [4.69, 9.17) is 9.97 Å². The minimum absolute atomic E-state index is 0.615. The van der Waals surface area contributed by atoms with Gasteiger partial charge < -0.3 is 9.13 Å². The molecule has 242 valence electrons. The largest absolute Gasteiger partial charge is 0.309 e. The molecule has 0 radical (unpaired) electrons. The van der Waals surface area contributed by atoms with Crippen LogP contribution in [0.3, 0.4) is 0 Å². The first-order valence-corrected chi connectivity index (χ1v) is 17.3. The molecule has 0 spiro atoms. The summed E-state index contributed by atoms with van der Waals surface area (Å²) >= 11 is 0. The van der Waals surface area contributed by atoms with Crippen molar-refractivity contribution in [1.82, 2.24) is 19.1 Å². The van der Waals surface area contributed by atoms with Gasteiger partial charge in [-0.2, -0.15) is 5.26 Å². The Labute approximate surface area is 299 Å². The number of nitriles is 1. The zero-order chi connectivity index (χ0) is 34.6. The summed E-state index contributed by atoms with van der Waals surface area (Å²) in [6, 6.07) is 63.1. The zero-order valence-corrected chi connectivity index (χ0v) is 28.0. The van der Waals surface area contributed by atoms with Gasteiger partial charge in [-0.3, -0.25) is 0 Å². The number of aromatic nitrogens is 4. The van der Waals surface area contributed by atoms with E-state index in [2.05, 4.69) is 143 Å². The standard InChI is InChI=1S/C47H29N5/c48-30-31-19-21-33(22-20-31)41-29-40(32-11-3-1-4-12-32)49-47(50-41)34-23-25-36(26-24-34)52-42-17-9-7-15-37(42)38-27-28-44-45(46(38)52)39-16-8-10-18-43(39)51(44)35-13-5-2-6-14-35/h1-29H. The Morgan fingerprint density at radius 3 is 1.67 bits per heavy atom. The summed E-state index contributed by atoms with van der Waals surface area (Å²) in [5.74, 6) is 0.641. The molecular weight excluding hydrogens is 635 g/mol. The highest BCUT2D eigenvalue weighted by Gasteiger charge is 2.21. The molecule has 0 saturated carbocycles. The summed E-state index contributed by atoms with van der Waals surface area (Å²) in [7, 11) is 0. The van der Waals surface area contributed by atoms with E-state index in [1.165, 1.54) is 38.1 Å². The fourth-order valence-electron chi connectivity index (χ4n) is 7.59. The van der Waals surface area contributed by atoms with Gasteiger partial charge in [0.15, 0.2) is 5.82 Å². The number of para-hydroxylation sites is 3. The van der Waals surface area contributed by atoms with Gasteiger partial charge in [0.2, 0.25) is 0 Å². The van der Waals surface area contributed by atoms with Crippen LogP contribution in [0, 0.1) is 11.3 Å². The van der Waals surface area contributed by atoms with Crippen molar-refractivity contribution < 1.29 is 0 Å². The van der Waals surface area contributed by atoms with Crippen LogP contribution in [-0.4, -0.2) is 19.1 Å². The van der Waals surface area contributed by atoms with Gasteiger partial charge in [-0.1, -0.05) is 103 Å².